The topological polar surface area (TPSA) is 20.3 Å². The average molecular weight is 267 g/mol. The van der Waals surface area contributed by atoms with Crippen LogP contribution in [0.1, 0.15) is 26.7 Å². The Morgan fingerprint density at radius 3 is 3.12 bits per heavy atom. The fourth-order valence-corrected chi connectivity index (χ4v) is 5.34. The zero-order valence-electron chi connectivity index (χ0n) is 10.2. The summed E-state index contributed by atoms with van der Waals surface area (Å²) in [7, 11) is 0. The molecule has 4 bridgehead atoms. The van der Waals surface area contributed by atoms with E-state index in [1.807, 2.05) is 11.8 Å². The van der Waals surface area contributed by atoms with Crippen LogP contribution < -0.4 is 0 Å². The van der Waals surface area contributed by atoms with E-state index in [0.717, 1.165) is 25.0 Å². The second kappa shape index (κ2) is 4.39. The maximum absolute atomic E-state index is 12.6. The Morgan fingerprint density at radius 2 is 2.35 bits per heavy atom. The van der Waals surface area contributed by atoms with E-state index in [1.54, 1.807) is 11.8 Å². The summed E-state index contributed by atoms with van der Waals surface area (Å²) in [4.78, 5) is 14.7. The van der Waals surface area contributed by atoms with E-state index in [4.69, 9.17) is 0 Å². The quantitative estimate of drug-likeness (QED) is 0.766. The molecule has 92 valence electrons. The molecule has 2 nitrogen and oxygen atoms in total. The minimum Gasteiger partial charge on any atom is -0.332 e. The van der Waals surface area contributed by atoms with Gasteiger partial charge in [-0.05, 0) is 24.2 Å². The van der Waals surface area contributed by atoms with Crippen LogP contribution in [0.5, 0.6) is 0 Å². The molecule has 4 rings (SSSR count). The molecule has 0 saturated carbocycles. The number of thioether (sulfide) groups is 2. The van der Waals surface area contributed by atoms with Crippen molar-refractivity contribution >= 4 is 29.4 Å². The molecule has 1 amide bonds. The third-order valence-electron chi connectivity index (χ3n) is 3.41. The van der Waals surface area contributed by atoms with Gasteiger partial charge in [0, 0.05) is 17.4 Å². The molecule has 17 heavy (non-hydrogen) atoms. The molecule has 0 radical (unpaired) electrons. The van der Waals surface area contributed by atoms with Gasteiger partial charge in [0.05, 0.1) is 10.3 Å². The van der Waals surface area contributed by atoms with Gasteiger partial charge in [-0.1, -0.05) is 31.7 Å². The first kappa shape index (κ1) is 11.7. The zero-order chi connectivity index (χ0) is 12.0. The first-order valence-corrected chi connectivity index (χ1v) is 7.95. The lowest BCUT2D eigenvalue weighted by Crippen LogP contribution is -2.42. The van der Waals surface area contributed by atoms with E-state index in [2.05, 4.69) is 30.2 Å². The molecule has 1 fully saturated rings. The van der Waals surface area contributed by atoms with Crippen molar-refractivity contribution in [1.29, 1.82) is 0 Å². The van der Waals surface area contributed by atoms with Crippen molar-refractivity contribution in [3.05, 3.63) is 21.3 Å². The highest BCUT2D eigenvalue weighted by atomic mass is 32.2. The van der Waals surface area contributed by atoms with Crippen LogP contribution >= 0.6 is 23.5 Å². The molecule has 1 saturated heterocycles. The van der Waals surface area contributed by atoms with Crippen LogP contribution in [0.4, 0.5) is 0 Å². The third kappa shape index (κ3) is 2.06. The Hall–Kier alpha value is -0.350. The Bertz CT molecular complexity index is 414. The molecular weight excluding hydrogens is 250 g/mol. The first-order valence-electron chi connectivity index (χ1n) is 6.19. The molecular formula is C13H17NOS2. The molecule has 0 aliphatic carbocycles. The molecule has 4 heteroatoms. The van der Waals surface area contributed by atoms with Crippen LogP contribution in [0.3, 0.4) is 0 Å². The summed E-state index contributed by atoms with van der Waals surface area (Å²) in [5.74, 6) is 0.832. The second-order valence-electron chi connectivity index (χ2n) is 5.31. The summed E-state index contributed by atoms with van der Waals surface area (Å²) in [6.07, 6.45) is 4.32. The number of nitrogens with zero attached hydrogens (tertiary/aromatic N) is 1. The number of carbonyl (C=O) groups excluding carboxylic acids is 1. The van der Waals surface area contributed by atoms with Crippen molar-refractivity contribution in [1.82, 2.24) is 4.90 Å². The van der Waals surface area contributed by atoms with Gasteiger partial charge < -0.3 is 4.90 Å². The number of hydrogen-bond acceptors (Lipinski definition) is 3. The minimum absolute atomic E-state index is 0.294. The van der Waals surface area contributed by atoms with Crippen LogP contribution in [0.2, 0.25) is 0 Å². The van der Waals surface area contributed by atoms with E-state index < -0.39 is 0 Å². The highest BCUT2D eigenvalue weighted by Crippen LogP contribution is 2.50. The fraction of sp³-hybridized carbons (Fsp3) is 0.615. The van der Waals surface area contributed by atoms with Crippen LogP contribution in [0, 0.1) is 5.92 Å². The molecule has 2 atom stereocenters. The number of amides is 1. The van der Waals surface area contributed by atoms with E-state index in [1.165, 1.54) is 4.24 Å². The van der Waals surface area contributed by atoms with Crippen LogP contribution in [-0.2, 0) is 4.79 Å². The normalized spacial score (nSPS) is 33.4. The molecule has 0 aromatic carbocycles. The predicted molar refractivity (Wildman–Crippen MR) is 74.7 cm³/mol. The summed E-state index contributed by atoms with van der Waals surface area (Å²) in [6.45, 7) is 5.25. The molecule has 0 N–H and O–H groups in total. The van der Waals surface area contributed by atoms with E-state index >= 15 is 0 Å². The monoisotopic (exact) mass is 267 g/mol. The van der Waals surface area contributed by atoms with Gasteiger partial charge in [0.1, 0.15) is 0 Å². The molecule has 0 aromatic rings. The van der Waals surface area contributed by atoms with Crippen molar-refractivity contribution in [2.75, 3.05) is 6.54 Å². The number of hydrogen-bond donors (Lipinski definition) is 0. The maximum Gasteiger partial charge on any atom is 0.251 e. The van der Waals surface area contributed by atoms with Gasteiger partial charge in [0.2, 0.25) is 0 Å². The summed E-state index contributed by atoms with van der Waals surface area (Å²) < 4.78 is 1.25. The first-order chi connectivity index (χ1) is 8.15. The van der Waals surface area contributed by atoms with E-state index in [0.29, 0.717) is 23.1 Å². The number of rotatable bonds is 2. The van der Waals surface area contributed by atoms with Gasteiger partial charge in [-0.15, -0.1) is 11.8 Å². The Morgan fingerprint density at radius 1 is 1.53 bits per heavy atom. The summed E-state index contributed by atoms with van der Waals surface area (Å²) in [5, 5.41) is 2.80. The lowest BCUT2D eigenvalue weighted by atomic mass is 10.1. The molecule has 2 unspecified atom stereocenters. The van der Waals surface area contributed by atoms with Gasteiger partial charge >= 0.3 is 0 Å². The summed E-state index contributed by atoms with van der Waals surface area (Å²) >= 11 is 3.66. The largest absolute Gasteiger partial charge is 0.332 e. The van der Waals surface area contributed by atoms with Crippen LogP contribution in [0.25, 0.3) is 0 Å². The van der Waals surface area contributed by atoms with Crippen molar-refractivity contribution in [2.24, 2.45) is 5.92 Å². The Balaban J connectivity index is 1.99. The molecule has 4 aliphatic heterocycles. The highest BCUT2D eigenvalue weighted by molar-refractivity contribution is 8.24. The van der Waals surface area contributed by atoms with Crippen molar-refractivity contribution in [3.8, 4) is 0 Å². The van der Waals surface area contributed by atoms with Gasteiger partial charge in [0.15, 0.2) is 0 Å². The Labute approximate surface area is 111 Å². The van der Waals surface area contributed by atoms with Crippen LogP contribution in [-0.4, -0.2) is 28.6 Å². The smallest absolute Gasteiger partial charge is 0.251 e. The van der Waals surface area contributed by atoms with Gasteiger partial charge in [-0.2, -0.15) is 0 Å². The van der Waals surface area contributed by atoms with Crippen molar-refractivity contribution in [3.63, 3.8) is 0 Å². The number of fused-ring (bicyclic) bond motifs is 2. The zero-order valence-corrected chi connectivity index (χ0v) is 11.8. The van der Waals surface area contributed by atoms with E-state index in [-0.39, 0.29) is 0 Å². The molecule has 4 heterocycles. The Kier molecular flexibility index (Phi) is 3.03. The maximum atomic E-state index is 12.6. The minimum atomic E-state index is 0.294. The van der Waals surface area contributed by atoms with Crippen molar-refractivity contribution in [2.45, 2.75) is 38.0 Å². The van der Waals surface area contributed by atoms with Crippen molar-refractivity contribution < 1.29 is 4.79 Å². The molecule has 0 aromatic heterocycles. The molecule has 4 aliphatic rings. The van der Waals surface area contributed by atoms with Gasteiger partial charge in [-0.25, -0.2) is 0 Å². The van der Waals surface area contributed by atoms with Crippen LogP contribution in [0.15, 0.2) is 21.3 Å². The third-order valence-corrected chi connectivity index (χ3v) is 5.90. The fourth-order valence-electron chi connectivity index (χ4n) is 2.69. The van der Waals surface area contributed by atoms with Gasteiger partial charge in [-0.3, -0.25) is 4.79 Å². The second-order valence-corrected chi connectivity index (χ2v) is 7.80. The lowest BCUT2D eigenvalue weighted by molar-refractivity contribution is -0.128. The summed E-state index contributed by atoms with van der Waals surface area (Å²) in [6, 6.07) is 0.314. The molecule has 0 spiro atoms. The van der Waals surface area contributed by atoms with Gasteiger partial charge in [0.25, 0.3) is 5.91 Å². The standard InChI is InChI=1S/C13H17NOS2/c1-8(2)7-14-9-3-4-16-13-11(12(14)15)6-10(5-9)17-13/h3-4,8-10H,5-7H2,1-2H3/b4-3-. The van der Waals surface area contributed by atoms with E-state index in [9.17, 15) is 4.79 Å². The predicted octanol–water partition coefficient (Wildman–Crippen LogP) is 3.22. The lowest BCUT2D eigenvalue weighted by Gasteiger charge is -2.33. The number of carbonyl (C=O) groups is 1. The average Bonchev–Trinajstić information content (AvgIpc) is 2.60. The SMILES string of the molecule is CC(C)CN1C(=O)C2=C3S/C=C\C1CC(C2)S3. The summed E-state index contributed by atoms with van der Waals surface area (Å²) in [5.41, 5.74) is 1.08. The highest BCUT2D eigenvalue weighted by Gasteiger charge is 2.40.